The van der Waals surface area contributed by atoms with Gasteiger partial charge in [0.25, 0.3) is 0 Å². The molecule has 1 aliphatic heterocycles. The molecule has 0 atom stereocenters. The van der Waals surface area contributed by atoms with E-state index in [9.17, 15) is 0 Å². The van der Waals surface area contributed by atoms with E-state index in [4.69, 9.17) is 17.3 Å². The fourth-order valence-electron chi connectivity index (χ4n) is 2.82. The Morgan fingerprint density at radius 2 is 1.65 bits per heavy atom. The van der Waals surface area contributed by atoms with Gasteiger partial charge in [0.2, 0.25) is 0 Å². The number of hydrogen-bond donors (Lipinski definition) is 1. The highest BCUT2D eigenvalue weighted by molar-refractivity contribution is 6.33. The zero-order valence-electron chi connectivity index (χ0n) is 11.5. The standard InChI is InChI=1S/C17H19ClN2/c18-16-6-5-13(11-17(16)19)12-20-9-7-14-3-1-2-4-15(14)8-10-20/h1-6,11H,7-10,12,19H2. The third-order valence-electron chi connectivity index (χ3n) is 3.98. The van der Waals surface area contributed by atoms with Crippen LogP contribution in [-0.2, 0) is 19.4 Å². The summed E-state index contributed by atoms with van der Waals surface area (Å²) in [6.45, 7) is 3.13. The van der Waals surface area contributed by atoms with E-state index in [0.29, 0.717) is 10.7 Å². The first-order chi connectivity index (χ1) is 9.72. The van der Waals surface area contributed by atoms with Gasteiger partial charge in [0.15, 0.2) is 0 Å². The monoisotopic (exact) mass is 286 g/mol. The molecule has 0 amide bonds. The lowest BCUT2D eigenvalue weighted by molar-refractivity contribution is 0.279. The van der Waals surface area contributed by atoms with Crippen molar-refractivity contribution in [2.45, 2.75) is 19.4 Å². The molecule has 0 saturated carbocycles. The van der Waals surface area contributed by atoms with Crippen molar-refractivity contribution in [1.29, 1.82) is 0 Å². The molecule has 2 aromatic rings. The van der Waals surface area contributed by atoms with Gasteiger partial charge in [-0.1, -0.05) is 41.9 Å². The molecule has 104 valence electrons. The topological polar surface area (TPSA) is 29.3 Å². The molecule has 20 heavy (non-hydrogen) atoms. The largest absolute Gasteiger partial charge is 0.398 e. The van der Waals surface area contributed by atoms with Crippen molar-refractivity contribution in [3.8, 4) is 0 Å². The van der Waals surface area contributed by atoms with Gasteiger partial charge in [-0.15, -0.1) is 0 Å². The number of nitrogens with two attached hydrogens (primary N) is 1. The number of nitrogen functional groups attached to an aromatic ring is 1. The molecule has 2 N–H and O–H groups in total. The molecule has 0 spiro atoms. The van der Waals surface area contributed by atoms with E-state index in [2.05, 4.69) is 35.2 Å². The van der Waals surface area contributed by atoms with E-state index in [-0.39, 0.29) is 0 Å². The van der Waals surface area contributed by atoms with E-state index in [1.54, 1.807) is 0 Å². The number of nitrogens with zero attached hydrogens (tertiary/aromatic N) is 1. The fraction of sp³-hybridized carbons (Fsp3) is 0.294. The van der Waals surface area contributed by atoms with Gasteiger partial charge in [-0.3, -0.25) is 4.90 Å². The van der Waals surface area contributed by atoms with Crippen molar-refractivity contribution in [1.82, 2.24) is 4.90 Å². The van der Waals surface area contributed by atoms with Gasteiger partial charge in [-0.2, -0.15) is 0 Å². The summed E-state index contributed by atoms with van der Waals surface area (Å²) in [5.41, 5.74) is 10.8. The van der Waals surface area contributed by atoms with Gasteiger partial charge in [-0.25, -0.2) is 0 Å². The van der Waals surface area contributed by atoms with Gasteiger partial charge in [0.05, 0.1) is 10.7 Å². The Hall–Kier alpha value is -1.51. The average Bonchev–Trinajstić information content (AvgIpc) is 2.66. The van der Waals surface area contributed by atoms with E-state index < -0.39 is 0 Å². The molecule has 0 bridgehead atoms. The number of hydrogen-bond acceptors (Lipinski definition) is 2. The summed E-state index contributed by atoms with van der Waals surface area (Å²) in [7, 11) is 0. The number of anilines is 1. The van der Waals surface area contributed by atoms with E-state index in [1.165, 1.54) is 16.7 Å². The molecule has 0 saturated heterocycles. The molecule has 0 unspecified atom stereocenters. The van der Waals surface area contributed by atoms with Crippen LogP contribution in [0.4, 0.5) is 5.69 Å². The van der Waals surface area contributed by atoms with Crippen LogP contribution >= 0.6 is 11.6 Å². The molecule has 3 rings (SSSR count). The van der Waals surface area contributed by atoms with Crippen LogP contribution in [0.1, 0.15) is 16.7 Å². The van der Waals surface area contributed by atoms with Crippen LogP contribution in [0.2, 0.25) is 5.02 Å². The Balaban J connectivity index is 1.69. The molecule has 0 aromatic heterocycles. The van der Waals surface area contributed by atoms with E-state index in [0.717, 1.165) is 32.5 Å². The van der Waals surface area contributed by atoms with Crippen LogP contribution in [-0.4, -0.2) is 18.0 Å². The van der Waals surface area contributed by atoms with Gasteiger partial charge in [0, 0.05) is 19.6 Å². The summed E-state index contributed by atoms with van der Waals surface area (Å²) in [5.74, 6) is 0. The molecular weight excluding hydrogens is 268 g/mol. The highest BCUT2D eigenvalue weighted by Crippen LogP contribution is 2.22. The number of benzene rings is 2. The van der Waals surface area contributed by atoms with Crippen LogP contribution in [0, 0.1) is 0 Å². The first-order valence-corrected chi connectivity index (χ1v) is 7.43. The average molecular weight is 287 g/mol. The summed E-state index contributed by atoms with van der Waals surface area (Å²) < 4.78 is 0. The molecule has 0 aliphatic carbocycles. The minimum atomic E-state index is 0.636. The smallest absolute Gasteiger partial charge is 0.0635 e. The first-order valence-electron chi connectivity index (χ1n) is 7.05. The van der Waals surface area contributed by atoms with Crippen LogP contribution in [0.3, 0.4) is 0 Å². The molecule has 0 fully saturated rings. The number of rotatable bonds is 2. The molecule has 1 aliphatic rings. The molecule has 2 aromatic carbocycles. The molecular formula is C17H19ClN2. The molecule has 0 radical (unpaired) electrons. The van der Waals surface area contributed by atoms with Crippen molar-refractivity contribution in [3.05, 3.63) is 64.2 Å². The minimum absolute atomic E-state index is 0.636. The van der Waals surface area contributed by atoms with Crippen LogP contribution in [0.5, 0.6) is 0 Å². The second-order valence-electron chi connectivity index (χ2n) is 5.40. The maximum absolute atomic E-state index is 5.97. The second kappa shape index (κ2) is 5.86. The van der Waals surface area contributed by atoms with Gasteiger partial charge < -0.3 is 5.73 Å². The third-order valence-corrected chi connectivity index (χ3v) is 4.32. The summed E-state index contributed by atoms with van der Waals surface area (Å²) in [6.07, 6.45) is 2.25. The van der Waals surface area contributed by atoms with Crippen molar-refractivity contribution in [2.24, 2.45) is 0 Å². The van der Waals surface area contributed by atoms with Crippen molar-refractivity contribution in [2.75, 3.05) is 18.8 Å². The SMILES string of the molecule is Nc1cc(CN2CCc3ccccc3CC2)ccc1Cl. The normalized spacial score (nSPS) is 15.7. The zero-order chi connectivity index (χ0) is 13.9. The third kappa shape index (κ3) is 2.97. The maximum atomic E-state index is 5.97. The van der Waals surface area contributed by atoms with Crippen LogP contribution in [0.25, 0.3) is 0 Å². The van der Waals surface area contributed by atoms with Gasteiger partial charge >= 0.3 is 0 Å². The van der Waals surface area contributed by atoms with Crippen molar-refractivity contribution >= 4 is 17.3 Å². The summed E-state index contributed by atoms with van der Waals surface area (Å²) in [6, 6.07) is 14.7. The first kappa shape index (κ1) is 13.5. The fourth-order valence-corrected chi connectivity index (χ4v) is 2.94. The van der Waals surface area contributed by atoms with Crippen molar-refractivity contribution in [3.63, 3.8) is 0 Å². The minimum Gasteiger partial charge on any atom is -0.398 e. The van der Waals surface area contributed by atoms with Crippen LogP contribution < -0.4 is 5.73 Å². The highest BCUT2D eigenvalue weighted by atomic mass is 35.5. The van der Waals surface area contributed by atoms with Crippen LogP contribution in [0.15, 0.2) is 42.5 Å². The van der Waals surface area contributed by atoms with Crippen molar-refractivity contribution < 1.29 is 0 Å². The van der Waals surface area contributed by atoms with Gasteiger partial charge in [0.1, 0.15) is 0 Å². The highest BCUT2D eigenvalue weighted by Gasteiger charge is 2.13. The Morgan fingerprint density at radius 3 is 2.25 bits per heavy atom. The lowest BCUT2D eigenvalue weighted by Gasteiger charge is -2.20. The summed E-state index contributed by atoms with van der Waals surface area (Å²) in [5, 5.41) is 0.636. The Kier molecular flexibility index (Phi) is 3.95. The van der Waals surface area contributed by atoms with E-state index in [1.807, 2.05) is 12.1 Å². The predicted molar refractivity (Wildman–Crippen MR) is 85.0 cm³/mol. The Morgan fingerprint density at radius 1 is 1.00 bits per heavy atom. The summed E-state index contributed by atoms with van der Waals surface area (Å²) in [4.78, 5) is 2.49. The molecule has 3 heteroatoms. The predicted octanol–water partition coefficient (Wildman–Crippen LogP) is 3.52. The quantitative estimate of drug-likeness (QED) is 0.856. The molecule has 1 heterocycles. The summed E-state index contributed by atoms with van der Waals surface area (Å²) >= 11 is 5.97. The Bertz CT molecular complexity index is 583. The van der Waals surface area contributed by atoms with Gasteiger partial charge in [-0.05, 0) is 41.7 Å². The second-order valence-corrected chi connectivity index (χ2v) is 5.81. The lowest BCUT2D eigenvalue weighted by Crippen LogP contribution is -2.25. The Labute approximate surface area is 125 Å². The number of fused-ring (bicyclic) bond motifs is 1. The zero-order valence-corrected chi connectivity index (χ0v) is 12.2. The lowest BCUT2D eigenvalue weighted by atomic mass is 10.0. The maximum Gasteiger partial charge on any atom is 0.0635 e. The number of halogens is 1. The van der Waals surface area contributed by atoms with E-state index >= 15 is 0 Å². The molecule has 2 nitrogen and oxygen atoms in total.